The van der Waals surface area contributed by atoms with Crippen molar-refractivity contribution >= 4 is 11.6 Å². The topological polar surface area (TPSA) is 47.6 Å². The number of anilines is 1. The molecule has 0 spiro atoms. The summed E-state index contributed by atoms with van der Waals surface area (Å²) >= 11 is 0. The zero-order valence-corrected chi connectivity index (χ0v) is 16.3. The van der Waals surface area contributed by atoms with Crippen LogP contribution in [0.1, 0.15) is 46.0 Å². The smallest absolute Gasteiger partial charge is 0.226 e. The summed E-state index contributed by atoms with van der Waals surface area (Å²) in [5, 5.41) is 6.86. The summed E-state index contributed by atoms with van der Waals surface area (Å²) < 4.78 is 0. The van der Waals surface area contributed by atoms with Crippen molar-refractivity contribution in [2.45, 2.75) is 58.3 Å². The average Bonchev–Trinajstić information content (AvgIpc) is 2.67. The molecule has 2 aliphatic heterocycles. The van der Waals surface area contributed by atoms with Crippen molar-refractivity contribution < 1.29 is 4.79 Å². The zero-order chi connectivity index (χ0) is 18.4. The first-order valence-corrected chi connectivity index (χ1v) is 10.3. The fourth-order valence-electron chi connectivity index (χ4n) is 4.12. The van der Waals surface area contributed by atoms with Gasteiger partial charge in [0.1, 0.15) is 6.29 Å². The van der Waals surface area contributed by atoms with E-state index in [0.29, 0.717) is 0 Å². The Hall–Kier alpha value is -1.59. The van der Waals surface area contributed by atoms with Gasteiger partial charge in [-0.3, -0.25) is 15.0 Å². The van der Waals surface area contributed by atoms with E-state index in [4.69, 9.17) is 0 Å². The molecule has 1 amide bonds. The first-order chi connectivity index (χ1) is 12.7. The van der Waals surface area contributed by atoms with Gasteiger partial charge in [0, 0.05) is 37.9 Å². The molecule has 1 aromatic rings. The van der Waals surface area contributed by atoms with Crippen molar-refractivity contribution in [3.8, 4) is 0 Å². The van der Waals surface area contributed by atoms with Gasteiger partial charge in [0.05, 0.1) is 5.92 Å². The third-order valence-corrected chi connectivity index (χ3v) is 5.81. The van der Waals surface area contributed by atoms with E-state index in [2.05, 4.69) is 64.6 Å². The highest BCUT2D eigenvalue weighted by Gasteiger charge is 2.36. The molecule has 0 bridgehead atoms. The van der Waals surface area contributed by atoms with Crippen molar-refractivity contribution in [1.82, 2.24) is 15.5 Å². The van der Waals surface area contributed by atoms with Crippen LogP contribution in [0.4, 0.5) is 5.69 Å². The number of carbonyl (C=O) groups is 1. The largest absolute Gasteiger partial charge is 0.369 e. The van der Waals surface area contributed by atoms with Crippen molar-refractivity contribution in [2.24, 2.45) is 5.92 Å². The minimum absolute atomic E-state index is 0.0256. The van der Waals surface area contributed by atoms with Crippen LogP contribution in [0.3, 0.4) is 0 Å². The molecule has 26 heavy (non-hydrogen) atoms. The Kier molecular flexibility index (Phi) is 6.92. The molecule has 0 aliphatic carbocycles. The molecule has 0 radical (unpaired) electrons. The van der Waals surface area contributed by atoms with Crippen LogP contribution < -0.4 is 15.5 Å². The summed E-state index contributed by atoms with van der Waals surface area (Å²) in [6, 6.07) is 10.8. The van der Waals surface area contributed by atoms with Crippen LogP contribution in [0.5, 0.6) is 0 Å². The van der Waals surface area contributed by atoms with Gasteiger partial charge in [-0.15, -0.1) is 0 Å². The fraction of sp³-hybridized carbons (Fsp3) is 0.667. The number of hydrogen-bond donors (Lipinski definition) is 2. The lowest BCUT2D eigenvalue weighted by Gasteiger charge is -2.45. The molecule has 3 rings (SSSR count). The third-order valence-electron chi connectivity index (χ3n) is 5.81. The van der Waals surface area contributed by atoms with Gasteiger partial charge in [0.25, 0.3) is 0 Å². The van der Waals surface area contributed by atoms with Crippen LogP contribution in [-0.4, -0.2) is 49.3 Å². The number of hydrogen-bond acceptors (Lipinski definition) is 4. The summed E-state index contributed by atoms with van der Waals surface area (Å²) in [6.45, 7) is 8.29. The van der Waals surface area contributed by atoms with E-state index < -0.39 is 0 Å². The van der Waals surface area contributed by atoms with Gasteiger partial charge in [-0.2, -0.15) is 0 Å². The van der Waals surface area contributed by atoms with Gasteiger partial charge in [0.2, 0.25) is 5.91 Å². The highest BCUT2D eigenvalue weighted by Crippen LogP contribution is 2.21. The Labute approximate surface area is 158 Å². The van der Waals surface area contributed by atoms with E-state index in [1.807, 2.05) is 0 Å². The van der Waals surface area contributed by atoms with E-state index in [1.54, 1.807) is 0 Å². The number of unbranched alkanes of at least 4 members (excludes halogenated alkanes) is 3. The Morgan fingerprint density at radius 3 is 2.42 bits per heavy atom. The minimum Gasteiger partial charge on any atom is -0.369 e. The van der Waals surface area contributed by atoms with Gasteiger partial charge in [-0.1, -0.05) is 50.8 Å². The summed E-state index contributed by atoms with van der Waals surface area (Å²) in [7, 11) is 0. The average molecular weight is 359 g/mol. The molecule has 2 N–H and O–H groups in total. The van der Waals surface area contributed by atoms with Crippen molar-refractivity contribution in [3.05, 3.63) is 30.3 Å². The molecule has 0 aromatic heterocycles. The molecule has 3 atom stereocenters. The number of benzene rings is 1. The molecule has 5 heteroatoms. The van der Waals surface area contributed by atoms with Gasteiger partial charge in [-0.05, 0) is 25.5 Å². The van der Waals surface area contributed by atoms with Crippen LogP contribution in [0.2, 0.25) is 0 Å². The number of nitrogens with one attached hydrogen (secondary N) is 2. The van der Waals surface area contributed by atoms with Crippen molar-refractivity contribution in [2.75, 3.05) is 31.1 Å². The number of para-hydroxylation sites is 1. The highest BCUT2D eigenvalue weighted by molar-refractivity contribution is 5.80. The Bertz CT molecular complexity index is 556. The molecule has 3 unspecified atom stereocenters. The van der Waals surface area contributed by atoms with Crippen molar-refractivity contribution in [1.29, 1.82) is 0 Å². The molecule has 2 saturated heterocycles. The van der Waals surface area contributed by atoms with Gasteiger partial charge in [-0.25, -0.2) is 0 Å². The maximum Gasteiger partial charge on any atom is 0.226 e. The molecule has 2 fully saturated rings. The molecule has 144 valence electrons. The summed E-state index contributed by atoms with van der Waals surface area (Å²) in [5.74, 6) is 0.331. The van der Waals surface area contributed by atoms with Crippen LogP contribution in [-0.2, 0) is 4.79 Å². The molecule has 0 saturated carbocycles. The van der Waals surface area contributed by atoms with Gasteiger partial charge < -0.3 is 10.2 Å². The van der Waals surface area contributed by atoms with E-state index in [-0.39, 0.29) is 24.2 Å². The Balaban J connectivity index is 1.47. The van der Waals surface area contributed by atoms with E-state index in [1.165, 1.54) is 24.9 Å². The summed E-state index contributed by atoms with van der Waals surface area (Å²) in [4.78, 5) is 17.4. The normalized spacial score (nSPS) is 27.4. The number of carbonyl (C=O) groups excluding carboxylic acids is 1. The van der Waals surface area contributed by atoms with E-state index >= 15 is 0 Å². The summed E-state index contributed by atoms with van der Waals surface area (Å²) in [6.07, 6.45) is 5.86. The second-order valence-corrected chi connectivity index (χ2v) is 7.68. The molecule has 2 aliphatic rings. The van der Waals surface area contributed by atoms with Gasteiger partial charge in [0.15, 0.2) is 0 Å². The predicted molar refractivity (Wildman–Crippen MR) is 107 cm³/mol. The van der Waals surface area contributed by atoms with Crippen LogP contribution in [0, 0.1) is 5.92 Å². The number of nitrogens with zero attached hydrogens (tertiary/aromatic N) is 2. The lowest BCUT2D eigenvalue weighted by molar-refractivity contribution is -0.132. The second kappa shape index (κ2) is 9.38. The molecule has 1 aromatic carbocycles. The Morgan fingerprint density at radius 1 is 1.04 bits per heavy atom. The van der Waals surface area contributed by atoms with Crippen LogP contribution in [0.25, 0.3) is 0 Å². The monoisotopic (exact) mass is 358 g/mol. The van der Waals surface area contributed by atoms with Crippen LogP contribution >= 0.6 is 0 Å². The maximum absolute atomic E-state index is 12.6. The Morgan fingerprint density at radius 2 is 1.77 bits per heavy atom. The highest BCUT2D eigenvalue weighted by atomic mass is 16.2. The van der Waals surface area contributed by atoms with E-state index in [9.17, 15) is 4.79 Å². The first kappa shape index (κ1) is 19.2. The molecule has 5 nitrogen and oxygen atoms in total. The second-order valence-electron chi connectivity index (χ2n) is 7.68. The van der Waals surface area contributed by atoms with Crippen molar-refractivity contribution in [3.63, 3.8) is 0 Å². The summed E-state index contributed by atoms with van der Waals surface area (Å²) in [5.41, 5.74) is 1.29. The quantitative estimate of drug-likeness (QED) is 0.736. The standard InChI is InChI=1S/C21H34N4O/c1-3-4-5-9-12-19-17(2)22-21(23-20(19)26)25-15-13-24(14-16-25)18-10-7-6-8-11-18/h6-8,10-11,17,19,21-22H,3-5,9,12-16H2,1-2H3,(H,23,26). The first-order valence-electron chi connectivity index (χ1n) is 10.3. The lowest BCUT2D eigenvalue weighted by Crippen LogP contribution is -2.68. The molecular weight excluding hydrogens is 324 g/mol. The number of rotatable bonds is 7. The number of amides is 1. The van der Waals surface area contributed by atoms with Gasteiger partial charge >= 0.3 is 0 Å². The molecular formula is C21H34N4O. The predicted octanol–water partition coefficient (Wildman–Crippen LogP) is 2.79. The minimum atomic E-state index is -0.0256. The van der Waals surface area contributed by atoms with E-state index in [0.717, 1.165) is 39.0 Å². The maximum atomic E-state index is 12.6. The third kappa shape index (κ3) is 4.77. The zero-order valence-electron chi connectivity index (χ0n) is 16.3. The fourth-order valence-corrected chi connectivity index (χ4v) is 4.12. The van der Waals surface area contributed by atoms with Crippen LogP contribution in [0.15, 0.2) is 30.3 Å². The lowest BCUT2D eigenvalue weighted by atomic mass is 9.91. The number of piperazine rings is 1. The SMILES string of the molecule is CCCCCCC1C(=O)NC(N2CCN(c3ccccc3)CC2)NC1C. The molecule has 2 heterocycles.